The smallest absolute Gasteiger partial charge is 0.256 e. The van der Waals surface area contributed by atoms with Crippen LogP contribution >= 0.6 is 0 Å². The Balaban J connectivity index is 1.86. The van der Waals surface area contributed by atoms with Crippen LogP contribution < -0.4 is 10.1 Å². The molecule has 122 valence electrons. The van der Waals surface area contributed by atoms with Crippen molar-refractivity contribution in [3.05, 3.63) is 18.3 Å². The van der Waals surface area contributed by atoms with E-state index >= 15 is 0 Å². The van der Waals surface area contributed by atoms with Gasteiger partial charge in [0.2, 0.25) is 5.88 Å². The third-order valence-corrected chi connectivity index (χ3v) is 3.91. The fourth-order valence-corrected chi connectivity index (χ4v) is 2.22. The van der Waals surface area contributed by atoms with Crippen molar-refractivity contribution < 1.29 is 19.0 Å². The molecule has 0 saturated heterocycles. The number of hydrogen-bond donors (Lipinski definition) is 1. The highest BCUT2D eigenvalue weighted by Crippen LogP contribution is 2.42. The van der Waals surface area contributed by atoms with E-state index in [-0.39, 0.29) is 5.91 Å². The lowest BCUT2D eigenvalue weighted by atomic mass is 9.99. The minimum Gasteiger partial charge on any atom is -0.475 e. The molecular formula is C16H24N2O4. The molecule has 1 aromatic heterocycles. The van der Waals surface area contributed by atoms with E-state index in [1.54, 1.807) is 25.4 Å². The van der Waals surface area contributed by atoms with Crippen molar-refractivity contribution in [1.82, 2.24) is 4.98 Å². The Kier molecular flexibility index (Phi) is 5.74. The summed E-state index contributed by atoms with van der Waals surface area (Å²) in [6.07, 6.45) is 3.64. The average Bonchev–Trinajstić information content (AvgIpc) is 3.37. The maximum Gasteiger partial charge on any atom is 0.256 e. The Morgan fingerprint density at radius 2 is 2.18 bits per heavy atom. The van der Waals surface area contributed by atoms with E-state index in [0.717, 1.165) is 12.8 Å². The van der Waals surface area contributed by atoms with Gasteiger partial charge in [-0.15, -0.1) is 0 Å². The van der Waals surface area contributed by atoms with Gasteiger partial charge >= 0.3 is 0 Å². The Hall–Kier alpha value is -1.66. The van der Waals surface area contributed by atoms with Gasteiger partial charge in [0.1, 0.15) is 12.2 Å². The van der Waals surface area contributed by atoms with Gasteiger partial charge in [-0.2, -0.15) is 0 Å². The SMILES string of the molecule is CCOCCOc1ccc(NC(=O)C(C)(OC)C2CC2)cn1. The molecule has 6 nitrogen and oxygen atoms in total. The Labute approximate surface area is 131 Å². The molecule has 1 aliphatic carbocycles. The highest BCUT2D eigenvalue weighted by atomic mass is 16.5. The third kappa shape index (κ3) is 4.18. The van der Waals surface area contributed by atoms with Crippen molar-refractivity contribution in [2.24, 2.45) is 5.92 Å². The molecule has 0 aliphatic heterocycles. The van der Waals surface area contributed by atoms with Crippen molar-refractivity contribution in [2.75, 3.05) is 32.2 Å². The van der Waals surface area contributed by atoms with Crippen molar-refractivity contribution in [2.45, 2.75) is 32.3 Å². The summed E-state index contributed by atoms with van der Waals surface area (Å²) >= 11 is 0. The molecule has 1 atom stereocenters. The predicted octanol–water partition coefficient (Wildman–Crippen LogP) is 2.25. The van der Waals surface area contributed by atoms with Crippen LogP contribution in [-0.2, 0) is 14.3 Å². The lowest BCUT2D eigenvalue weighted by Crippen LogP contribution is -2.44. The lowest BCUT2D eigenvalue weighted by Gasteiger charge is -2.26. The number of pyridine rings is 1. The summed E-state index contributed by atoms with van der Waals surface area (Å²) in [6.45, 7) is 5.42. The first kappa shape index (κ1) is 16.7. The first-order chi connectivity index (χ1) is 10.6. The molecule has 1 unspecified atom stereocenters. The first-order valence-electron chi connectivity index (χ1n) is 7.63. The van der Waals surface area contributed by atoms with Crippen LogP contribution in [0.2, 0.25) is 0 Å². The fraction of sp³-hybridized carbons (Fsp3) is 0.625. The highest BCUT2D eigenvalue weighted by molar-refractivity contribution is 5.97. The Morgan fingerprint density at radius 3 is 2.73 bits per heavy atom. The minimum atomic E-state index is -0.771. The van der Waals surface area contributed by atoms with Crippen LogP contribution in [-0.4, -0.2) is 43.4 Å². The van der Waals surface area contributed by atoms with Gasteiger partial charge in [-0.1, -0.05) is 0 Å². The fourth-order valence-electron chi connectivity index (χ4n) is 2.22. The van der Waals surface area contributed by atoms with E-state index in [2.05, 4.69) is 10.3 Å². The first-order valence-corrected chi connectivity index (χ1v) is 7.63. The quantitative estimate of drug-likeness (QED) is 0.709. The van der Waals surface area contributed by atoms with Crippen LogP contribution in [0.3, 0.4) is 0 Å². The van der Waals surface area contributed by atoms with E-state index < -0.39 is 5.60 Å². The molecule has 6 heteroatoms. The molecule has 0 spiro atoms. The third-order valence-electron chi connectivity index (χ3n) is 3.91. The van der Waals surface area contributed by atoms with Crippen LogP contribution in [0.25, 0.3) is 0 Å². The molecule has 0 aromatic carbocycles. The number of carbonyl (C=O) groups excluding carboxylic acids is 1. The molecule has 1 saturated carbocycles. The number of ether oxygens (including phenoxy) is 3. The standard InChI is InChI=1S/C16H24N2O4/c1-4-21-9-10-22-14-8-7-13(11-17-14)18-15(19)16(2,20-3)12-5-6-12/h7-8,11-12H,4-6,9-10H2,1-3H3,(H,18,19). The van der Waals surface area contributed by atoms with Crippen LogP contribution in [0.5, 0.6) is 5.88 Å². The number of aromatic nitrogens is 1. The number of methoxy groups -OCH3 is 1. The summed E-state index contributed by atoms with van der Waals surface area (Å²) in [7, 11) is 1.57. The van der Waals surface area contributed by atoms with Crippen LogP contribution in [0.4, 0.5) is 5.69 Å². The zero-order valence-corrected chi connectivity index (χ0v) is 13.4. The summed E-state index contributed by atoms with van der Waals surface area (Å²) in [5.74, 6) is 0.672. The second kappa shape index (κ2) is 7.56. The largest absolute Gasteiger partial charge is 0.475 e. The van der Waals surface area contributed by atoms with Gasteiger partial charge in [-0.25, -0.2) is 4.98 Å². The average molecular weight is 308 g/mol. The molecule has 1 N–H and O–H groups in total. The van der Waals surface area contributed by atoms with E-state index in [9.17, 15) is 4.79 Å². The van der Waals surface area contributed by atoms with Crippen molar-refractivity contribution in [3.63, 3.8) is 0 Å². The van der Waals surface area contributed by atoms with E-state index in [1.807, 2.05) is 13.8 Å². The Morgan fingerprint density at radius 1 is 1.41 bits per heavy atom. The predicted molar refractivity (Wildman–Crippen MR) is 83.0 cm³/mol. The van der Waals surface area contributed by atoms with Gasteiger partial charge in [0.05, 0.1) is 18.5 Å². The minimum absolute atomic E-state index is 0.135. The van der Waals surface area contributed by atoms with E-state index in [4.69, 9.17) is 14.2 Å². The molecule has 0 radical (unpaired) electrons. The van der Waals surface area contributed by atoms with Gasteiger partial charge in [0.15, 0.2) is 0 Å². The van der Waals surface area contributed by atoms with E-state index in [1.165, 1.54) is 0 Å². The Bertz CT molecular complexity index is 487. The molecule has 22 heavy (non-hydrogen) atoms. The summed E-state index contributed by atoms with van der Waals surface area (Å²) < 4.78 is 16.0. The van der Waals surface area contributed by atoms with Gasteiger partial charge in [0, 0.05) is 19.8 Å². The number of carbonyl (C=O) groups is 1. The summed E-state index contributed by atoms with van der Waals surface area (Å²) in [5.41, 5.74) is -0.141. The second-order valence-electron chi connectivity index (χ2n) is 5.47. The number of nitrogens with one attached hydrogen (secondary N) is 1. The molecule has 1 fully saturated rings. The maximum absolute atomic E-state index is 12.4. The number of hydrogen-bond acceptors (Lipinski definition) is 5. The number of rotatable bonds is 9. The normalized spacial score (nSPS) is 16.9. The van der Waals surface area contributed by atoms with Crippen LogP contribution in [0.1, 0.15) is 26.7 Å². The summed E-state index contributed by atoms with van der Waals surface area (Å²) in [4.78, 5) is 16.5. The molecule has 0 bridgehead atoms. The molecule has 1 amide bonds. The summed E-state index contributed by atoms with van der Waals surface area (Å²) in [5, 5.41) is 2.85. The van der Waals surface area contributed by atoms with Crippen molar-refractivity contribution in [3.8, 4) is 5.88 Å². The van der Waals surface area contributed by atoms with Crippen molar-refractivity contribution in [1.29, 1.82) is 0 Å². The van der Waals surface area contributed by atoms with E-state index in [0.29, 0.717) is 37.3 Å². The number of amides is 1. The zero-order chi connectivity index (χ0) is 16.0. The van der Waals surface area contributed by atoms with Crippen molar-refractivity contribution >= 4 is 11.6 Å². The highest BCUT2D eigenvalue weighted by Gasteiger charge is 2.47. The molecule has 2 rings (SSSR count). The maximum atomic E-state index is 12.4. The molecule has 1 aromatic rings. The topological polar surface area (TPSA) is 69.7 Å². The molecule has 1 aliphatic rings. The lowest BCUT2D eigenvalue weighted by molar-refractivity contribution is -0.138. The van der Waals surface area contributed by atoms with Crippen LogP contribution in [0, 0.1) is 5.92 Å². The monoisotopic (exact) mass is 308 g/mol. The second-order valence-corrected chi connectivity index (χ2v) is 5.47. The molecular weight excluding hydrogens is 284 g/mol. The van der Waals surface area contributed by atoms with Gasteiger partial charge in [0.25, 0.3) is 5.91 Å². The number of nitrogens with zero attached hydrogens (tertiary/aromatic N) is 1. The zero-order valence-electron chi connectivity index (χ0n) is 13.4. The number of anilines is 1. The van der Waals surface area contributed by atoms with Gasteiger partial charge in [-0.3, -0.25) is 4.79 Å². The van der Waals surface area contributed by atoms with Crippen LogP contribution in [0.15, 0.2) is 18.3 Å². The summed E-state index contributed by atoms with van der Waals surface area (Å²) in [6, 6.07) is 3.49. The van der Waals surface area contributed by atoms with Gasteiger partial charge < -0.3 is 19.5 Å². The molecule has 1 heterocycles. The van der Waals surface area contributed by atoms with Gasteiger partial charge in [-0.05, 0) is 38.7 Å².